The Morgan fingerprint density at radius 2 is 1.97 bits per heavy atom. The predicted octanol–water partition coefficient (Wildman–Crippen LogP) is 2.55. The van der Waals surface area contributed by atoms with Crippen molar-refractivity contribution in [2.45, 2.75) is 23.8 Å². The first kappa shape index (κ1) is 18.2. The molecule has 8 heteroatoms. The van der Waals surface area contributed by atoms with Gasteiger partial charge in [-0.3, -0.25) is 0 Å². The normalized spacial score (nSPS) is 21.9. The van der Waals surface area contributed by atoms with E-state index in [1.165, 1.54) is 29.2 Å². The number of hydrogen-bond acceptors (Lipinski definition) is 6. The van der Waals surface area contributed by atoms with Crippen molar-refractivity contribution in [3.63, 3.8) is 0 Å². The lowest BCUT2D eigenvalue weighted by Gasteiger charge is -2.22. The van der Waals surface area contributed by atoms with Gasteiger partial charge in [0.15, 0.2) is 5.65 Å². The first-order valence-corrected chi connectivity index (χ1v) is 11.2. The number of aromatic nitrogens is 2. The number of pyridine rings is 1. The number of benzene rings is 1. The molecule has 7 nitrogen and oxygen atoms in total. The molecule has 2 atom stereocenters. The third-order valence-corrected chi connectivity index (χ3v) is 7.60. The summed E-state index contributed by atoms with van der Waals surface area (Å²) in [7, 11) is -3.77. The Bertz CT molecular complexity index is 1210. The van der Waals surface area contributed by atoms with Gasteiger partial charge in [-0.2, -0.15) is 5.26 Å². The van der Waals surface area contributed by atoms with Gasteiger partial charge in [-0.1, -0.05) is 18.2 Å². The summed E-state index contributed by atoms with van der Waals surface area (Å²) in [6.45, 7) is 1.81. The summed E-state index contributed by atoms with van der Waals surface area (Å²) in [5, 5.41) is 17.2. The molecule has 3 aromatic rings. The van der Waals surface area contributed by atoms with Crippen LogP contribution in [-0.2, 0) is 10.0 Å². The van der Waals surface area contributed by atoms with E-state index in [2.05, 4.69) is 21.7 Å². The van der Waals surface area contributed by atoms with Crippen molar-refractivity contribution in [2.24, 2.45) is 11.8 Å². The zero-order valence-electron chi connectivity index (χ0n) is 15.7. The average Bonchev–Trinajstić information content (AvgIpc) is 3.31. The highest BCUT2D eigenvalue weighted by Gasteiger charge is 2.39. The highest BCUT2D eigenvalue weighted by molar-refractivity contribution is 7.90. The van der Waals surface area contributed by atoms with Crippen LogP contribution >= 0.6 is 0 Å². The van der Waals surface area contributed by atoms with Crippen molar-refractivity contribution in [2.75, 3.05) is 18.4 Å². The first-order valence-electron chi connectivity index (χ1n) is 9.77. The summed E-state index contributed by atoms with van der Waals surface area (Å²) in [5.41, 5.74) is 1.41. The highest BCUT2D eigenvalue weighted by atomic mass is 32.2. The summed E-state index contributed by atoms with van der Waals surface area (Å²) in [4.78, 5) is 4.51. The molecular formula is C21H21N5O2S. The topological polar surface area (TPSA) is 99.8 Å². The van der Waals surface area contributed by atoms with E-state index in [1.807, 2.05) is 0 Å². The smallest absolute Gasteiger partial charge is 0.269 e. The van der Waals surface area contributed by atoms with Crippen molar-refractivity contribution in [1.82, 2.24) is 14.3 Å². The van der Waals surface area contributed by atoms with Crippen LogP contribution in [0.3, 0.4) is 0 Å². The van der Waals surface area contributed by atoms with E-state index >= 15 is 0 Å². The Kier molecular flexibility index (Phi) is 4.30. The van der Waals surface area contributed by atoms with Crippen LogP contribution in [0.15, 0.2) is 53.7 Å². The van der Waals surface area contributed by atoms with Crippen LogP contribution < -0.4 is 10.6 Å². The summed E-state index contributed by atoms with van der Waals surface area (Å²) in [6.07, 6.45) is 5.48. The van der Waals surface area contributed by atoms with Crippen LogP contribution in [0.25, 0.3) is 11.0 Å². The maximum atomic E-state index is 13.1. The molecular weight excluding hydrogens is 386 g/mol. The fraction of sp³-hybridized carbons (Fsp3) is 0.333. The molecule has 0 amide bonds. The Morgan fingerprint density at radius 3 is 2.69 bits per heavy atom. The molecule has 3 heterocycles. The molecule has 2 aromatic heterocycles. The summed E-state index contributed by atoms with van der Waals surface area (Å²) in [5.74, 6) is 1.26. The maximum Gasteiger partial charge on any atom is 0.269 e. The maximum absolute atomic E-state index is 13.1. The minimum atomic E-state index is -3.77. The largest absolute Gasteiger partial charge is 0.379 e. The standard InChI is InChI=1S/C21H21N5O2S/c22-10-15-11-24-21-17(20(15)25-19-13-23-12-18(19)14-6-7-14)8-9-26(21)29(27,28)16-4-2-1-3-5-16/h1-5,8-9,11,14,18-19,23H,6-7,12-13H2,(H,24,25)/t18-,19-/m0/s1. The minimum absolute atomic E-state index is 0.201. The van der Waals surface area contributed by atoms with Gasteiger partial charge >= 0.3 is 0 Å². The molecule has 5 rings (SSSR count). The highest BCUT2D eigenvalue weighted by Crippen LogP contribution is 2.41. The molecule has 2 fully saturated rings. The Balaban J connectivity index is 1.59. The Labute approximate surface area is 169 Å². The third kappa shape index (κ3) is 3.07. The molecule has 0 unspecified atom stereocenters. The number of nitriles is 1. The summed E-state index contributed by atoms with van der Waals surface area (Å²) >= 11 is 0. The van der Waals surface area contributed by atoms with E-state index in [9.17, 15) is 13.7 Å². The second-order valence-electron chi connectivity index (χ2n) is 7.74. The van der Waals surface area contributed by atoms with Gasteiger partial charge in [0.25, 0.3) is 10.0 Å². The lowest BCUT2D eigenvalue weighted by molar-refractivity contribution is 0.474. The van der Waals surface area contributed by atoms with Crippen LogP contribution in [0.4, 0.5) is 5.69 Å². The minimum Gasteiger partial charge on any atom is -0.379 e. The van der Waals surface area contributed by atoms with Gasteiger partial charge in [-0.25, -0.2) is 17.4 Å². The average molecular weight is 407 g/mol. The molecule has 0 bridgehead atoms. The van der Waals surface area contributed by atoms with Crippen LogP contribution in [0.2, 0.25) is 0 Å². The van der Waals surface area contributed by atoms with E-state index in [1.54, 1.807) is 36.4 Å². The van der Waals surface area contributed by atoms with Gasteiger partial charge in [-0.15, -0.1) is 0 Å². The van der Waals surface area contributed by atoms with Gasteiger partial charge in [0.1, 0.15) is 6.07 Å². The number of fused-ring (bicyclic) bond motifs is 1. The molecule has 1 aliphatic carbocycles. The van der Waals surface area contributed by atoms with Crippen molar-refractivity contribution in [3.8, 4) is 6.07 Å². The van der Waals surface area contributed by atoms with Crippen LogP contribution in [-0.4, -0.2) is 36.5 Å². The molecule has 1 aliphatic heterocycles. The van der Waals surface area contributed by atoms with Gasteiger partial charge < -0.3 is 10.6 Å². The molecule has 2 N–H and O–H groups in total. The van der Waals surface area contributed by atoms with E-state index in [4.69, 9.17) is 0 Å². The molecule has 2 aliphatic rings. The second-order valence-corrected chi connectivity index (χ2v) is 9.55. The molecule has 29 heavy (non-hydrogen) atoms. The fourth-order valence-electron chi connectivity index (χ4n) is 4.27. The summed E-state index contributed by atoms with van der Waals surface area (Å²) in [6, 6.07) is 12.4. The van der Waals surface area contributed by atoms with E-state index in [0.717, 1.165) is 19.0 Å². The number of rotatable bonds is 5. The van der Waals surface area contributed by atoms with E-state index in [0.29, 0.717) is 28.2 Å². The zero-order chi connectivity index (χ0) is 20.0. The van der Waals surface area contributed by atoms with Gasteiger partial charge in [0, 0.05) is 36.9 Å². The van der Waals surface area contributed by atoms with Gasteiger partial charge in [0.2, 0.25) is 0 Å². The molecule has 1 saturated heterocycles. The zero-order valence-corrected chi connectivity index (χ0v) is 16.6. The SMILES string of the molecule is N#Cc1cnc2c(ccn2S(=O)(=O)c2ccccc2)c1N[C@H]1CNC[C@H]1C1CC1. The van der Waals surface area contributed by atoms with E-state index < -0.39 is 10.0 Å². The molecule has 1 saturated carbocycles. The van der Waals surface area contributed by atoms with Gasteiger partial charge in [0.05, 0.1) is 16.1 Å². The number of nitrogens with one attached hydrogen (secondary N) is 2. The van der Waals surface area contributed by atoms with E-state index in [-0.39, 0.29) is 10.9 Å². The molecule has 148 valence electrons. The predicted molar refractivity (Wildman–Crippen MR) is 110 cm³/mol. The van der Waals surface area contributed by atoms with Crippen molar-refractivity contribution < 1.29 is 8.42 Å². The van der Waals surface area contributed by atoms with Gasteiger partial charge in [-0.05, 0) is 42.9 Å². The van der Waals surface area contributed by atoms with Crippen molar-refractivity contribution >= 4 is 26.7 Å². The van der Waals surface area contributed by atoms with Crippen LogP contribution in [0, 0.1) is 23.2 Å². The molecule has 1 aromatic carbocycles. The summed E-state index contributed by atoms with van der Waals surface area (Å²) < 4.78 is 27.4. The number of nitrogens with zero attached hydrogens (tertiary/aromatic N) is 3. The Morgan fingerprint density at radius 1 is 1.17 bits per heavy atom. The Hall–Kier alpha value is -2.89. The first-order chi connectivity index (χ1) is 14.1. The molecule has 0 radical (unpaired) electrons. The third-order valence-electron chi connectivity index (χ3n) is 5.92. The fourth-order valence-corrected chi connectivity index (χ4v) is 5.59. The number of hydrogen-bond donors (Lipinski definition) is 2. The van der Waals surface area contributed by atoms with Crippen LogP contribution in [0.5, 0.6) is 0 Å². The monoisotopic (exact) mass is 407 g/mol. The second kappa shape index (κ2) is 6.87. The lowest BCUT2D eigenvalue weighted by Crippen LogP contribution is -2.30. The van der Waals surface area contributed by atoms with Crippen LogP contribution in [0.1, 0.15) is 18.4 Å². The molecule has 0 spiro atoms. The lowest BCUT2D eigenvalue weighted by atomic mass is 9.97. The number of anilines is 1. The quantitative estimate of drug-likeness (QED) is 0.674. The van der Waals surface area contributed by atoms with Crippen molar-refractivity contribution in [1.29, 1.82) is 5.26 Å². The van der Waals surface area contributed by atoms with Crippen molar-refractivity contribution in [3.05, 3.63) is 54.4 Å².